The zero-order chi connectivity index (χ0) is 28.5. The molecule has 1 aromatic heterocycles. The number of sulfonamides is 1. The summed E-state index contributed by atoms with van der Waals surface area (Å²) >= 11 is 0. The summed E-state index contributed by atoms with van der Waals surface area (Å²) in [7, 11) is -3.87. The fraction of sp³-hybridized carbons (Fsp3) is 0.375. The van der Waals surface area contributed by atoms with Crippen molar-refractivity contribution < 1.29 is 8.42 Å². The molecule has 40 heavy (non-hydrogen) atoms. The van der Waals surface area contributed by atoms with E-state index in [1.165, 1.54) is 23.8 Å². The molecule has 1 saturated heterocycles. The molecular formula is C32H38N4O3S. The van der Waals surface area contributed by atoms with Crippen LogP contribution in [0.1, 0.15) is 64.4 Å². The number of aromatic nitrogens is 2. The maximum Gasteiger partial charge on any atom is 0.266 e. The lowest BCUT2D eigenvalue weighted by molar-refractivity contribution is 0.411. The molecule has 8 heteroatoms. The van der Waals surface area contributed by atoms with Crippen molar-refractivity contribution in [3.05, 3.63) is 94.5 Å². The molecule has 3 aromatic carbocycles. The molecule has 1 fully saturated rings. The van der Waals surface area contributed by atoms with Crippen LogP contribution in [-0.2, 0) is 16.4 Å². The zero-order valence-electron chi connectivity index (χ0n) is 23.7. The number of hydrogen-bond acceptors (Lipinski definition) is 5. The molecule has 1 aliphatic heterocycles. The highest BCUT2D eigenvalue weighted by Crippen LogP contribution is 2.25. The molecule has 0 spiro atoms. The fourth-order valence-corrected chi connectivity index (χ4v) is 6.61. The van der Waals surface area contributed by atoms with Crippen molar-refractivity contribution in [3.8, 4) is 5.69 Å². The molecule has 0 bridgehead atoms. The largest absolute Gasteiger partial charge is 0.372 e. The third-order valence-corrected chi connectivity index (χ3v) is 8.87. The molecule has 210 valence electrons. The first-order valence-electron chi connectivity index (χ1n) is 14.0. The molecule has 5 rings (SSSR count). The second kappa shape index (κ2) is 11.2. The van der Waals surface area contributed by atoms with Gasteiger partial charge in [-0.3, -0.25) is 9.36 Å². The lowest BCUT2D eigenvalue weighted by atomic mass is 9.88. The predicted octanol–water partition coefficient (Wildman–Crippen LogP) is 6.00. The van der Waals surface area contributed by atoms with Crippen LogP contribution in [0.25, 0.3) is 16.6 Å². The van der Waals surface area contributed by atoms with Gasteiger partial charge in [-0.1, -0.05) is 45.0 Å². The Morgan fingerprint density at radius 2 is 1.50 bits per heavy atom. The van der Waals surface area contributed by atoms with Crippen LogP contribution in [0.15, 0.2) is 82.5 Å². The van der Waals surface area contributed by atoms with E-state index in [2.05, 4.69) is 30.4 Å². The fourth-order valence-electron chi connectivity index (χ4n) is 5.41. The number of para-hydroxylation sites is 1. The first kappa shape index (κ1) is 28.1. The summed E-state index contributed by atoms with van der Waals surface area (Å²) in [6, 6.07) is 21.3. The summed E-state index contributed by atoms with van der Waals surface area (Å²) in [4.78, 5) is 21.1. The van der Waals surface area contributed by atoms with E-state index in [-0.39, 0.29) is 15.9 Å². The molecule has 7 nitrogen and oxygen atoms in total. The normalized spacial score (nSPS) is 15.3. The van der Waals surface area contributed by atoms with Gasteiger partial charge in [-0.25, -0.2) is 18.1 Å². The lowest BCUT2D eigenvalue weighted by Crippen LogP contribution is -2.33. The zero-order valence-corrected chi connectivity index (χ0v) is 24.5. The Balaban J connectivity index is 1.50. The molecule has 1 aliphatic rings. The van der Waals surface area contributed by atoms with Crippen LogP contribution in [0.3, 0.4) is 0 Å². The van der Waals surface area contributed by atoms with Crippen molar-refractivity contribution in [1.29, 1.82) is 0 Å². The molecule has 0 saturated carbocycles. The number of nitrogens with zero attached hydrogens (tertiary/aromatic N) is 3. The van der Waals surface area contributed by atoms with Gasteiger partial charge in [0.2, 0.25) is 10.0 Å². The van der Waals surface area contributed by atoms with Crippen LogP contribution in [0.2, 0.25) is 0 Å². The molecule has 0 amide bonds. The highest BCUT2D eigenvalue weighted by molar-refractivity contribution is 7.89. The molecular weight excluding hydrogens is 520 g/mol. The maximum atomic E-state index is 13.8. The summed E-state index contributed by atoms with van der Waals surface area (Å²) in [6.45, 7) is 10.2. The van der Waals surface area contributed by atoms with E-state index < -0.39 is 16.1 Å². The third kappa shape index (κ3) is 6.13. The van der Waals surface area contributed by atoms with Crippen molar-refractivity contribution in [2.24, 2.45) is 5.41 Å². The first-order chi connectivity index (χ1) is 19.0. The van der Waals surface area contributed by atoms with Gasteiger partial charge < -0.3 is 4.90 Å². The number of benzene rings is 3. The van der Waals surface area contributed by atoms with Gasteiger partial charge in [-0.15, -0.1) is 0 Å². The minimum atomic E-state index is -3.87. The average molecular weight is 559 g/mol. The Morgan fingerprint density at radius 3 is 2.15 bits per heavy atom. The second-order valence-electron chi connectivity index (χ2n) is 11.9. The van der Waals surface area contributed by atoms with Crippen molar-refractivity contribution in [1.82, 2.24) is 14.3 Å². The SMILES string of the molecule is CC(NS(=O)(=O)c1ccc(CC(C)(C)C)cc1)c1nc2ccccc2c(=O)n1-c1ccc(N2CCCCC2)cc1. The predicted molar refractivity (Wildman–Crippen MR) is 162 cm³/mol. The summed E-state index contributed by atoms with van der Waals surface area (Å²) in [5.74, 6) is 0.336. The van der Waals surface area contributed by atoms with Crippen LogP contribution >= 0.6 is 0 Å². The third-order valence-electron chi connectivity index (χ3n) is 7.32. The Hall–Kier alpha value is -3.49. The smallest absolute Gasteiger partial charge is 0.266 e. The van der Waals surface area contributed by atoms with E-state index in [0.29, 0.717) is 22.4 Å². The maximum absolute atomic E-state index is 13.8. The monoisotopic (exact) mass is 558 g/mol. The summed E-state index contributed by atoms with van der Waals surface area (Å²) in [6.07, 6.45) is 4.46. The summed E-state index contributed by atoms with van der Waals surface area (Å²) in [5, 5.41) is 0.482. The molecule has 1 unspecified atom stereocenters. The van der Waals surface area contributed by atoms with Crippen LogP contribution in [0, 0.1) is 5.41 Å². The number of anilines is 1. The van der Waals surface area contributed by atoms with Crippen molar-refractivity contribution in [2.75, 3.05) is 18.0 Å². The van der Waals surface area contributed by atoms with E-state index >= 15 is 0 Å². The van der Waals surface area contributed by atoms with Crippen molar-refractivity contribution in [3.63, 3.8) is 0 Å². The number of fused-ring (bicyclic) bond motifs is 1. The van der Waals surface area contributed by atoms with Gasteiger partial charge in [0.15, 0.2) is 0 Å². The van der Waals surface area contributed by atoms with Crippen LogP contribution in [0.4, 0.5) is 5.69 Å². The quantitative estimate of drug-likeness (QED) is 0.301. The Labute approximate surface area is 236 Å². The molecule has 0 radical (unpaired) electrons. The van der Waals surface area contributed by atoms with Gasteiger partial charge in [0.25, 0.3) is 5.56 Å². The Morgan fingerprint density at radius 1 is 0.875 bits per heavy atom. The van der Waals surface area contributed by atoms with E-state index in [1.807, 2.05) is 48.5 Å². The highest BCUT2D eigenvalue weighted by atomic mass is 32.2. The highest BCUT2D eigenvalue weighted by Gasteiger charge is 2.24. The molecule has 1 atom stereocenters. The molecule has 4 aromatic rings. The molecule has 2 heterocycles. The number of piperidine rings is 1. The van der Waals surface area contributed by atoms with Crippen molar-refractivity contribution >= 4 is 26.6 Å². The number of hydrogen-bond donors (Lipinski definition) is 1. The number of nitrogens with one attached hydrogen (secondary N) is 1. The van der Waals surface area contributed by atoms with E-state index in [9.17, 15) is 13.2 Å². The Kier molecular flexibility index (Phi) is 7.84. The minimum absolute atomic E-state index is 0.102. The van der Waals surface area contributed by atoms with Gasteiger partial charge in [0.1, 0.15) is 5.82 Å². The van der Waals surface area contributed by atoms with Crippen molar-refractivity contribution in [2.45, 2.75) is 64.3 Å². The van der Waals surface area contributed by atoms with E-state index in [0.717, 1.165) is 30.8 Å². The van der Waals surface area contributed by atoms with E-state index in [1.54, 1.807) is 31.2 Å². The lowest BCUT2D eigenvalue weighted by Gasteiger charge is -2.29. The van der Waals surface area contributed by atoms with Crippen LogP contribution < -0.4 is 15.2 Å². The van der Waals surface area contributed by atoms with Gasteiger partial charge >= 0.3 is 0 Å². The van der Waals surface area contributed by atoms with E-state index in [4.69, 9.17) is 4.98 Å². The Bertz CT molecular complexity index is 1650. The van der Waals surface area contributed by atoms with Gasteiger partial charge in [0, 0.05) is 18.8 Å². The number of rotatable bonds is 7. The van der Waals surface area contributed by atoms with Crippen LogP contribution in [-0.4, -0.2) is 31.1 Å². The average Bonchev–Trinajstić information content (AvgIpc) is 2.93. The molecule has 1 N–H and O–H groups in total. The van der Waals surface area contributed by atoms with Gasteiger partial charge in [0.05, 0.1) is 27.5 Å². The topological polar surface area (TPSA) is 84.3 Å². The minimum Gasteiger partial charge on any atom is -0.372 e. The van der Waals surface area contributed by atoms with Crippen LogP contribution in [0.5, 0.6) is 0 Å². The molecule has 0 aliphatic carbocycles. The summed E-state index contributed by atoms with van der Waals surface area (Å²) in [5.41, 5.74) is 3.25. The summed E-state index contributed by atoms with van der Waals surface area (Å²) < 4.78 is 31.1. The van der Waals surface area contributed by atoms with Gasteiger partial charge in [-0.05, 0) is 92.1 Å². The standard InChI is InChI=1S/C32H38N4O3S/c1-23(34-40(38,39)27-18-12-24(13-19-27)22-32(2,3)4)30-33-29-11-7-6-10-28(29)31(37)36(30)26-16-14-25(15-17-26)35-20-8-5-9-21-35/h6-7,10-19,23,34H,5,8-9,20-22H2,1-4H3. The first-order valence-corrected chi connectivity index (χ1v) is 15.5. The second-order valence-corrected chi connectivity index (χ2v) is 13.6. The van der Waals surface area contributed by atoms with Gasteiger partial charge in [-0.2, -0.15) is 0 Å².